The van der Waals surface area contributed by atoms with Crippen molar-refractivity contribution in [3.05, 3.63) is 0 Å². The molecule has 3 unspecified atom stereocenters. The Morgan fingerprint density at radius 2 is 1.45 bits per heavy atom. The molecule has 0 rings (SSSR count). The van der Waals surface area contributed by atoms with Crippen LogP contribution in [0.4, 0.5) is 0 Å². The Balaban J connectivity index is 5.22. The highest BCUT2D eigenvalue weighted by Gasteiger charge is 2.29. The minimum Gasteiger partial charge on any atom is -0.480 e. The van der Waals surface area contributed by atoms with Crippen LogP contribution >= 0.6 is 11.8 Å². The van der Waals surface area contributed by atoms with Crippen LogP contribution in [0, 0.1) is 0 Å². The van der Waals surface area contributed by atoms with E-state index in [9.17, 15) is 28.8 Å². The first-order chi connectivity index (χ1) is 13.5. The van der Waals surface area contributed by atoms with Gasteiger partial charge in [0.2, 0.25) is 29.5 Å². The third-order valence-electron chi connectivity index (χ3n) is 3.45. The lowest BCUT2D eigenvalue weighted by Crippen LogP contribution is -2.57. The van der Waals surface area contributed by atoms with E-state index in [0.29, 0.717) is 5.75 Å². The molecule has 0 saturated carbocycles. The summed E-state index contributed by atoms with van der Waals surface area (Å²) in [5.41, 5.74) is 15.6. The van der Waals surface area contributed by atoms with Crippen molar-refractivity contribution < 1.29 is 33.9 Å². The van der Waals surface area contributed by atoms with Crippen molar-refractivity contribution in [2.45, 2.75) is 37.4 Å². The predicted molar refractivity (Wildman–Crippen MR) is 103 cm³/mol. The molecule has 0 aromatic carbocycles. The van der Waals surface area contributed by atoms with Crippen LogP contribution in [0.5, 0.6) is 0 Å². The molecule has 0 aliphatic heterocycles. The first-order valence-corrected chi connectivity index (χ1v) is 9.78. The van der Waals surface area contributed by atoms with Gasteiger partial charge in [0.15, 0.2) is 0 Å². The number of rotatable bonds is 14. The van der Waals surface area contributed by atoms with Gasteiger partial charge < -0.3 is 38.3 Å². The van der Waals surface area contributed by atoms with Gasteiger partial charge in [-0.15, -0.1) is 0 Å². The number of nitrogens with one attached hydrogen (secondary N) is 3. The number of aliphatic carboxylic acids is 1. The summed E-state index contributed by atoms with van der Waals surface area (Å²) in [6, 6.07) is -3.83. The van der Waals surface area contributed by atoms with E-state index in [-0.39, 0.29) is 6.42 Å². The maximum Gasteiger partial charge on any atom is 0.322 e. The van der Waals surface area contributed by atoms with Crippen molar-refractivity contribution in [2.24, 2.45) is 17.2 Å². The van der Waals surface area contributed by atoms with Crippen LogP contribution in [0.2, 0.25) is 0 Å². The highest BCUT2D eigenvalue weighted by atomic mass is 32.2. The van der Waals surface area contributed by atoms with Crippen molar-refractivity contribution in [1.82, 2.24) is 16.0 Å². The number of hydrogen-bond acceptors (Lipinski definition) is 8. The standard InChI is InChI=1S/C15H26N6O7S/c1-29-3-2-8(20-13(26)7(16)4-10(17)22)15(28)21-9(5-11(18)23)14(27)19-6-12(24)25/h7-9H,2-6,16H2,1H3,(H2,17,22)(H2,18,23)(H,19,27)(H,20,26)(H,21,28)(H,24,25). The third kappa shape index (κ3) is 11.5. The number of hydrogen-bond donors (Lipinski definition) is 7. The van der Waals surface area contributed by atoms with Crippen LogP contribution < -0.4 is 33.2 Å². The quantitative estimate of drug-likeness (QED) is 0.141. The van der Waals surface area contributed by atoms with Gasteiger partial charge >= 0.3 is 5.97 Å². The average Bonchev–Trinajstić information content (AvgIpc) is 2.61. The third-order valence-corrected chi connectivity index (χ3v) is 4.10. The summed E-state index contributed by atoms with van der Waals surface area (Å²) in [7, 11) is 0. The van der Waals surface area contributed by atoms with Crippen LogP contribution in [0.3, 0.4) is 0 Å². The molecule has 29 heavy (non-hydrogen) atoms. The van der Waals surface area contributed by atoms with Crippen molar-refractivity contribution in [2.75, 3.05) is 18.6 Å². The number of carboxylic acid groups (broad SMARTS) is 1. The molecule has 0 heterocycles. The van der Waals surface area contributed by atoms with Gasteiger partial charge in [-0.05, 0) is 18.4 Å². The molecular weight excluding hydrogens is 408 g/mol. The monoisotopic (exact) mass is 434 g/mol. The largest absolute Gasteiger partial charge is 0.480 e. The highest BCUT2D eigenvalue weighted by Crippen LogP contribution is 2.04. The fourth-order valence-corrected chi connectivity index (χ4v) is 2.53. The van der Waals surface area contributed by atoms with E-state index >= 15 is 0 Å². The first kappa shape index (κ1) is 26.1. The Morgan fingerprint density at radius 1 is 0.897 bits per heavy atom. The fraction of sp³-hybridized carbons (Fsp3) is 0.600. The molecule has 0 spiro atoms. The second kappa shape index (κ2) is 13.3. The summed E-state index contributed by atoms with van der Waals surface area (Å²) in [4.78, 5) is 69.3. The molecule has 164 valence electrons. The SMILES string of the molecule is CSCCC(NC(=O)C(N)CC(N)=O)C(=O)NC(CC(N)=O)C(=O)NCC(=O)O. The molecule has 5 amide bonds. The second-order valence-electron chi connectivity index (χ2n) is 5.96. The molecule has 0 aliphatic rings. The minimum absolute atomic E-state index is 0.155. The van der Waals surface area contributed by atoms with Gasteiger partial charge in [0.25, 0.3) is 0 Å². The van der Waals surface area contributed by atoms with Crippen LogP contribution in [0.15, 0.2) is 0 Å². The molecule has 0 aliphatic carbocycles. The van der Waals surface area contributed by atoms with Gasteiger partial charge in [0.1, 0.15) is 18.6 Å². The summed E-state index contributed by atoms with van der Waals surface area (Å²) >= 11 is 1.39. The number of nitrogens with two attached hydrogens (primary N) is 3. The van der Waals surface area contributed by atoms with E-state index < -0.39 is 73.0 Å². The summed E-state index contributed by atoms with van der Waals surface area (Å²) in [6.07, 6.45) is 0.916. The summed E-state index contributed by atoms with van der Waals surface area (Å²) in [5.74, 6) is -5.11. The van der Waals surface area contributed by atoms with Crippen molar-refractivity contribution in [3.63, 3.8) is 0 Å². The molecule has 0 aromatic heterocycles. The van der Waals surface area contributed by atoms with Gasteiger partial charge in [-0.1, -0.05) is 0 Å². The highest BCUT2D eigenvalue weighted by molar-refractivity contribution is 7.98. The molecule has 0 saturated heterocycles. The number of amides is 5. The topological polar surface area (TPSA) is 237 Å². The molecule has 13 nitrogen and oxygen atoms in total. The Morgan fingerprint density at radius 3 is 1.93 bits per heavy atom. The molecule has 0 fully saturated rings. The summed E-state index contributed by atoms with van der Waals surface area (Å²) in [5, 5.41) is 15.3. The van der Waals surface area contributed by atoms with Crippen LogP contribution in [0.25, 0.3) is 0 Å². The maximum absolute atomic E-state index is 12.5. The van der Waals surface area contributed by atoms with Gasteiger partial charge in [-0.3, -0.25) is 28.8 Å². The van der Waals surface area contributed by atoms with E-state index in [4.69, 9.17) is 22.3 Å². The van der Waals surface area contributed by atoms with Gasteiger partial charge in [-0.2, -0.15) is 11.8 Å². The lowest BCUT2D eigenvalue weighted by Gasteiger charge is -2.23. The lowest BCUT2D eigenvalue weighted by atomic mass is 10.1. The zero-order valence-corrected chi connectivity index (χ0v) is 16.6. The smallest absolute Gasteiger partial charge is 0.322 e. The lowest BCUT2D eigenvalue weighted by molar-refractivity contribution is -0.138. The number of carbonyl (C=O) groups excluding carboxylic acids is 5. The van der Waals surface area contributed by atoms with Crippen LogP contribution in [-0.2, 0) is 28.8 Å². The number of primary amides is 2. The molecule has 3 atom stereocenters. The number of carbonyl (C=O) groups is 6. The Hall–Kier alpha value is -2.87. The average molecular weight is 434 g/mol. The molecule has 0 aromatic rings. The summed E-state index contributed by atoms with van der Waals surface area (Å²) < 4.78 is 0. The normalized spacial score (nSPS) is 13.4. The van der Waals surface area contributed by atoms with Crippen molar-refractivity contribution >= 4 is 47.3 Å². The molecule has 14 heteroatoms. The van der Waals surface area contributed by atoms with Gasteiger partial charge in [0, 0.05) is 0 Å². The van der Waals surface area contributed by atoms with Gasteiger partial charge in [-0.25, -0.2) is 0 Å². The zero-order valence-electron chi connectivity index (χ0n) is 15.8. The Labute approximate surface area is 170 Å². The van der Waals surface area contributed by atoms with E-state index in [1.807, 2.05) is 5.32 Å². The predicted octanol–water partition coefficient (Wildman–Crippen LogP) is -4.01. The molecule has 10 N–H and O–H groups in total. The number of carboxylic acids is 1. The fourth-order valence-electron chi connectivity index (χ4n) is 2.06. The van der Waals surface area contributed by atoms with Crippen molar-refractivity contribution in [1.29, 1.82) is 0 Å². The molecular formula is C15H26N6O7S. The minimum atomic E-state index is -1.44. The Kier molecular flexibility index (Phi) is 12.0. The summed E-state index contributed by atoms with van der Waals surface area (Å²) in [6.45, 7) is -0.724. The Bertz CT molecular complexity index is 645. The molecule has 0 bridgehead atoms. The van der Waals surface area contributed by atoms with E-state index in [1.165, 1.54) is 11.8 Å². The second-order valence-corrected chi connectivity index (χ2v) is 6.95. The van der Waals surface area contributed by atoms with E-state index in [2.05, 4.69) is 10.6 Å². The molecule has 0 radical (unpaired) electrons. The van der Waals surface area contributed by atoms with Crippen LogP contribution in [0.1, 0.15) is 19.3 Å². The van der Waals surface area contributed by atoms with E-state index in [1.54, 1.807) is 6.26 Å². The zero-order chi connectivity index (χ0) is 22.6. The van der Waals surface area contributed by atoms with E-state index in [0.717, 1.165) is 0 Å². The number of thioether (sulfide) groups is 1. The maximum atomic E-state index is 12.5. The first-order valence-electron chi connectivity index (χ1n) is 8.39. The van der Waals surface area contributed by atoms with Crippen LogP contribution in [-0.4, -0.2) is 77.3 Å². The van der Waals surface area contributed by atoms with Crippen molar-refractivity contribution in [3.8, 4) is 0 Å². The van der Waals surface area contributed by atoms with Gasteiger partial charge in [0.05, 0.1) is 18.9 Å².